The van der Waals surface area contributed by atoms with E-state index in [1.165, 1.54) is 0 Å². The summed E-state index contributed by atoms with van der Waals surface area (Å²) >= 11 is 0. The summed E-state index contributed by atoms with van der Waals surface area (Å²) in [5, 5.41) is 3.02. The van der Waals surface area contributed by atoms with Crippen LogP contribution in [0, 0.1) is 0 Å². The molecule has 0 unspecified atom stereocenters. The molecule has 2 heterocycles. The molecule has 0 aliphatic rings. The average Bonchev–Trinajstić information content (AvgIpc) is 2.53. The molecule has 5 nitrogen and oxygen atoms in total. The Hall–Kier alpha value is -2.43. The molecule has 2 aromatic heterocycles. The first kappa shape index (κ1) is 14.0. The van der Waals surface area contributed by atoms with Gasteiger partial charge in [-0.15, -0.1) is 0 Å². The molecular weight excluding hydrogens is 252 g/mol. The van der Waals surface area contributed by atoms with E-state index in [9.17, 15) is 4.79 Å². The molecule has 0 saturated heterocycles. The average molecular weight is 270 g/mol. The van der Waals surface area contributed by atoms with Crippen molar-refractivity contribution in [2.75, 3.05) is 18.9 Å². The topological polar surface area (TPSA) is 58.1 Å². The van der Waals surface area contributed by atoms with Gasteiger partial charge < -0.3 is 10.2 Å². The molecule has 2 rings (SSSR count). The zero-order valence-corrected chi connectivity index (χ0v) is 11.7. The first-order valence-corrected chi connectivity index (χ1v) is 6.57. The van der Waals surface area contributed by atoms with Crippen molar-refractivity contribution in [3.8, 4) is 0 Å². The lowest BCUT2D eigenvalue weighted by molar-refractivity contribution is 0.0751. The molecule has 0 aromatic carbocycles. The van der Waals surface area contributed by atoms with Crippen LogP contribution in [0.4, 0.5) is 5.69 Å². The van der Waals surface area contributed by atoms with Crippen LogP contribution in [0.3, 0.4) is 0 Å². The van der Waals surface area contributed by atoms with Crippen molar-refractivity contribution in [1.29, 1.82) is 0 Å². The lowest BCUT2D eigenvalue weighted by Gasteiger charge is -2.21. The molecule has 0 saturated carbocycles. The summed E-state index contributed by atoms with van der Waals surface area (Å²) in [6.45, 7) is 3.07. The van der Waals surface area contributed by atoms with Gasteiger partial charge in [-0.05, 0) is 25.1 Å². The van der Waals surface area contributed by atoms with E-state index >= 15 is 0 Å². The van der Waals surface area contributed by atoms with Crippen molar-refractivity contribution in [1.82, 2.24) is 14.9 Å². The number of hydrogen-bond acceptors (Lipinski definition) is 4. The van der Waals surface area contributed by atoms with E-state index in [4.69, 9.17) is 0 Å². The third-order valence-electron chi connectivity index (χ3n) is 3.07. The smallest absolute Gasteiger partial charge is 0.257 e. The quantitative estimate of drug-likeness (QED) is 0.904. The molecule has 1 amide bonds. The minimum atomic E-state index is -0.0457. The molecule has 20 heavy (non-hydrogen) atoms. The largest absolute Gasteiger partial charge is 0.387 e. The number of aromatic nitrogens is 2. The van der Waals surface area contributed by atoms with Crippen molar-refractivity contribution in [3.05, 3.63) is 54.1 Å². The van der Waals surface area contributed by atoms with Gasteiger partial charge in [-0.25, -0.2) is 0 Å². The van der Waals surface area contributed by atoms with Crippen molar-refractivity contribution >= 4 is 11.6 Å². The minimum Gasteiger partial charge on any atom is -0.387 e. The van der Waals surface area contributed by atoms with Crippen molar-refractivity contribution < 1.29 is 4.79 Å². The van der Waals surface area contributed by atoms with Gasteiger partial charge in [-0.2, -0.15) is 0 Å². The highest BCUT2D eigenvalue weighted by Crippen LogP contribution is 2.16. The summed E-state index contributed by atoms with van der Waals surface area (Å²) in [6, 6.07) is 7.49. The van der Waals surface area contributed by atoms with Crippen LogP contribution in [0.1, 0.15) is 23.0 Å². The van der Waals surface area contributed by atoms with Gasteiger partial charge >= 0.3 is 0 Å². The van der Waals surface area contributed by atoms with Gasteiger partial charge in [0.05, 0.1) is 17.8 Å². The normalized spacial score (nSPS) is 10.1. The Morgan fingerprint density at radius 2 is 2.15 bits per heavy atom. The van der Waals surface area contributed by atoms with Crippen LogP contribution in [-0.2, 0) is 6.54 Å². The van der Waals surface area contributed by atoms with Gasteiger partial charge in [0, 0.05) is 37.9 Å². The summed E-state index contributed by atoms with van der Waals surface area (Å²) < 4.78 is 0. The molecule has 0 spiro atoms. The molecule has 2 aromatic rings. The van der Waals surface area contributed by atoms with Gasteiger partial charge in [-0.1, -0.05) is 6.07 Å². The molecule has 1 N–H and O–H groups in total. The second-order valence-corrected chi connectivity index (χ2v) is 4.31. The number of nitrogens with one attached hydrogen (secondary N) is 1. The third-order valence-corrected chi connectivity index (χ3v) is 3.07. The monoisotopic (exact) mass is 270 g/mol. The molecule has 0 fully saturated rings. The standard InChI is InChI=1S/C15H18N4O/c1-3-19(11-12-6-4-5-8-18-12)15(20)13-10-17-9-7-14(13)16-2/h4-10H,3,11H2,1-2H3,(H,16,17). The fourth-order valence-electron chi connectivity index (χ4n) is 1.97. The predicted octanol–water partition coefficient (Wildman–Crippen LogP) is 2.18. The summed E-state index contributed by atoms with van der Waals surface area (Å²) in [7, 11) is 1.79. The number of hydrogen-bond donors (Lipinski definition) is 1. The van der Waals surface area contributed by atoms with Crippen LogP contribution in [0.25, 0.3) is 0 Å². The maximum Gasteiger partial charge on any atom is 0.257 e. The SMILES string of the molecule is CCN(Cc1ccccn1)C(=O)c1cnccc1NC. The fourth-order valence-corrected chi connectivity index (χ4v) is 1.97. The Labute approximate surface area is 118 Å². The molecule has 0 atom stereocenters. The molecule has 0 bridgehead atoms. The number of nitrogens with zero attached hydrogens (tertiary/aromatic N) is 3. The number of carbonyl (C=O) groups excluding carboxylic acids is 1. The highest BCUT2D eigenvalue weighted by molar-refractivity contribution is 5.99. The molecule has 5 heteroatoms. The van der Waals surface area contributed by atoms with Gasteiger partial charge in [0.1, 0.15) is 0 Å². The number of rotatable bonds is 5. The molecule has 0 aliphatic carbocycles. The summed E-state index contributed by atoms with van der Waals surface area (Å²) in [6.07, 6.45) is 4.99. The van der Waals surface area contributed by atoms with Crippen molar-refractivity contribution in [2.45, 2.75) is 13.5 Å². The zero-order chi connectivity index (χ0) is 14.4. The van der Waals surface area contributed by atoms with E-state index < -0.39 is 0 Å². The minimum absolute atomic E-state index is 0.0457. The summed E-state index contributed by atoms with van der Waals surface area (Å²) in [4.78, 5) is 22.6. The first-order chi connectivity index (χ1) is 9.76. The second-order valence-electron chi connectivity index (χ2n) is 4.31. The van der Waals surface area contributed by atoms with Crippen LogP contribution >= 0.6 is 0 Å². The molecular formula is C15H18N4O. The Bertz CT molecular complexity index is 571. The highest BCUT2D eigenvalue weighted by atomic mass is 16.2. The number of pyridine rings is 2. The molecule has 0 aliphatic heterocycles. The van der Waals surface area contributed by atoms with Gasteiger partial charge in [0.2, 0.25) is 0 Å². The van der Waals surface area contributed by atoms with Crippen LogP contribution in [0.15, 0.2) is 42.9 Å². The Kier molecular flexibility index (Phi) is 4.65. The Morgan fingerprint density at radius 1 is 1.30 bits per heavy atom. The van der Waals surface area contributed by atoms with Crippen molar-refractivity contribution in [3.63, 3.8) is 0 Å². The maximum atomic E-state index is 12.6. The van der Waals surface area contributed by atoms with Gasteiger partial charge in [0.15, 0.2) is 0 Å². The van der Waals surface area contributed by atoms with E-state index in [2.05, 4.69) is 15.3 Å². The predicted molar refractivity (Wildman–Crippen MR) is 78.4 cm³/mol. The van der Waals surface area contributed by atoms with Crippen LogP contribution in [-0.4, -0.2) is 34.4 Å². The number of anilines is 1. The maximum absolute atomic E-state index is 12.6. The second kappa shape index (κ2) is 6.65. The first-order valence-electron chi connectivity index (χ1n) is 6.57. The molecule has 104 valence electrons. The van der Waals surface area contributed by atoms with E-state index in [1.807, 2.05) is 25.1 Å². The van der Waals surface area contributed by atoms with Gasteiger partial charge in [0.25, 0.3) is 5.91 Å². The zero-order valence-electron chi connectivity index (χ0n) is 11.7. The van der Waals surface area contributed by atoms with E-state index in [1.54, 1.807) is 36.6 Å². The van der Waals surface area contributed by atoms with Crippen LogP contribution in [0.5, 0.6) is 0 Å². The van der Waals surface area contributed by atoms with Crippen LogP contribution in [0.2, 0.25) is 0 Å². The molecule has 0 radical (unpaired) electrons. The van der Waals surface area contributed by atoms with Gasteiger partial charge in [-0.3, -0.25) is 14.8 Å². The summed E-state index contributed by atoms with van der Waals surface area (Å²) in [5.41, 5.74) is 2.23. The van der Waals surface area contributed by atoms with E-state index in [-0.39, 0.29) is 5.91 Å². The Balaban J connectivity index is 2.21. The highest BCUT2D eigenvalue weighted by Gasteiger charge is 2.18. The fraction of sp³-hybridized carbons (Fsp3) is 0.267. The van der Waals surface area contributed by atoms with E-state index in [0.29, 0.717) is 18.7 Å². The lowest BCUT2D eigenvalue weighted by atomic mass is 10.2. The number of carbonyl (C=O) groups is 1. The Morgan fingerprint density at radius 3 is 2.80 bits per heavy atom. The lowest BCUT2D eigenvalue weighted by Crippen LogP contribution is -2.31. The number of amides is 1. The van der Waals surface area contributed by atoms with E-state index in [0.717, 1.165) is 11.4 Å². The van der Waals surface area contributed by atoms with Crippen LogP contribution < -0.4 is 5.32 Å². The van der Waals surface area contributed by atoms with Crippen molar-refractivity contribution in [2.24, 2.45) is 0 Å². The third kappa shape index (κ3) is 3.12. The summed E-state index contributed by atoms with van der Waals surface area (Å²) in [5.74, 6) is -0.0457.